The maximum Gasteiger partial charge on any atom is 0.261 e. The van der Waals surface area contributed by atoms with Crippen LogP contribution in [0.5, 0.6) is 0 Å². The Kier molecular flexibility index (Phi) is 5.81. The Labute approximate surface area is 139 Å². The molecule has 1 atom stereocenters. The molecule has 0 fully saturated rings. The third kappa shape index (κ3) is 4.17. The number of carbonyl (C=O) groups is 1. The van der Waals surface area contributed by atoms with Gasteiger partial charge in [0.25, 0.3) is 5.91 Å². The van der Waals surface area contributed by atoms with Crippen LogP contribution in [-0.4, -0.2) is 12.5 Å². The monoisotopic (exact) mass is 415 g/mol. The Morgan fingerprint density at radius 1 is 1.30 bits per heavy atom. The number of carbonyl (C=O) groups excluding carboxylic acids is 1. The number of hydrogen-bond acceptors (Lipinski definition) is 2. The minimum atomic E-state index is -0.0124. The molecule has 2 nitrogen and oxygen atoms in total. The van der Waals surface area contributed by atoms with Gasteiger partial charge in [0.2, 0.25) is 0 Å². The number of nitrogens with one attached hydrogen (secondary N) is 1. The highest BCUT2D eigenvalue weighted by Gasteiger charge is 2.12. The van der Waals surface area contributed by atoms with E-state index in [1.165, 1.54) is 16.9 Å². The molecule has 0 aliphatic carbocycles. The van der Waals surface area contributed by atoms with Crippen molar-refractivity contribution in [2.45, 2.75) is 19.3 Å². The predicted molar refractivity (Wildman–Crippen MR) is 91.5 cm³/mol. The summed E-state index contributed by atoms with van der Waals surface area (Å²) in [6.07, 6.45) is 0.934. The first-order valence-corrected chi connectivity index (χ1v) is 8.76. The van der Waals surface area contributed by atoms with Gasteiger partial charge < -0.3 is 5.32 Å². The molecular weight excluding hydrogens is 402 g/mol. The molecule has 2 rings (SSSR count). The van der Waals surface area contributed by atoms with Gasteiger partial charge in [0.05, 0.1) is 8.66 Å². The maximum atomic E-state index is 12.0. The standard InChI is InChI=1S/C15H15Br2NOS/c1-10(11-5-3-2-4-6-11)7-8-18-15(19)13-9-12(16)14(17)20-13/h2-6,9-10H,7-8H2,1H3,(H,18,19). The quantitative estimate of drug-likeness (QED) is 0.713. The van der Waals surface area contributed by atoms with Crippen LogP contribution < -0.4 is 5.32 Å². The molecule has 0 radical (unpaired) electrons. The highest BCUT2D eigenvalue weighted by Crippen LogP contribution is 2.32. The normalized spacial score (nSPS) is 12.2. The minimum absolute atomic E-state index is 0.0124. The number of hydrogen-bond donors (Lipinski definition) is 1. The zero-order chi connectivity index (χ0) is 14.5. The molecule has 0 saturated heterocycles. The summed E-state index contributed by atoms with van der Waals surface area (Å²) < 4.78 is 1.87. The van der Waals surface area contributed by atoms with Crippen LogP contribution in [0.4, 0.5) is 0 Å². The smallest absolute Gasteiger partial charge is 0.261 e. The SMILES string of the molecule is CC(CCNC(=O)c1cc(Br)c(Br)s1)c1ccccc1. The summed E-state index contributed by atoms with van der Waals surface area (Å²) in [6.45, 7) is 2.86. The molecule has 1 amide bonds. The zero-order valence-electron chi connectivity index (χ0n) is 11.0. The van der Waals surface area contributed by atoms with E-state index in [1.54, 1.807) is 0 Å². The molecule has 0 aliphatic rings. The van der Waals surface area contributed by atoms with E-state index >= 15 is 0 Å². The van der Waals surface area contributed by atoms with Gasteiger partial charge in [-0.2, -0.15) is 0 Å². The first-order valence-electron chi connectivity index (χ1n) is 6.36. The molecule has 1 aromatic carbocycles. The van der Waals surface area contributed by atoms with Crippen molar-refractivity contribution in [3.05, 3.63) is 55.1 Å². The Bertz CT molecular complexity index is 563. The lowest BCUT2D eigenvalue weighted by molar-refractivity contribution is 0.0956. The Morgan fingerprint density at radius 3 is 2.60 bits per heavy atom. The summed E-state index contributed by atoms with van der Waals surface area (Å²) in [5.74, 6) is 0.431. The van der Waals surface area contributed by atoms with Gasteiger partial charge in [-0.3, -0.25) is 4.79 Å². The lowest BCUT2D eigenvalue weighted by Crippen LogP contribution is -2.24. The molecule has 0 bridgehead atoms. The second-order valence-electron chi connectivity index (χ2n) is 4.59. The van der Waals surface area contributed by atoms with E-state index in [2.05, 4.69) is 56.2 Å². The van der Waals surface area contributed by atoms with Crippen molar-refractivity contribution in [1.82, 2.24) is 5.32 Å². The molecule has 1 heterocycles. The van der Waals surface area contributed by atoms with Gasteiger partial charge in [-0.05, 0) is 55.8 Å². The molecule has 5 heteroatoms. The van der Waals surface area contributed by atoms with E-state index in [4.69, 9.17) is 0 Å². The highest BCUT2D eigenvalue weighted by molar-refractivity contribution is 9.13. The second-order valence-corrected chi connectivity index (χ2v) is 7.81. The van der Waals surface area contributed by atoms with Crippen LogP contribution in [0.15, 0.2) is 44.7 Å². The third-order valence-electron chi connectivity index (χ3n) is 3.10. The molecule has 0 saturated carbocycles. The van der Waals surface area contributed by atoms with Crippen molar-refractivity contribution in [2.75, 3.05) is 6.54 Å². The summed E-state index contributed by atoms with van der Waals surface area (Å²) in [5, 5.41) is 2.97. The summed E-state index contributed by atoms with van der Waals surface area (Å²) in [4.78, 5) is 12.7. The van der Waals surface area contributed by atoms with Crippen LogP contribution >= 0.6 is 43.2 Å². The molecule has 1 N–H and O–H groups in total. The number of thiophene rings is 1. The zero-order valence-corrected chi connectivity index (χ0v) is 15.0. The fourth-order valence-corrected chi connectivity index (χ4v) is 3.85. The number of halogens is 2. The van der Waals surface area contributed by atoms with Gasteiger partial charge in [0.1, 0.15) is 0 Å². The molecule has 20 heavy (non-hydrogen) atoms. The van der Waals surface area contributed by atoms with Gasteiger partial charge in [0.15, 0.2) is 0 Å². The average molecular weight is 417 g/mol. The van der Waals surface area contributed by atoms with Crippen LogP contribution in [0.3, 0.4) is 0 Å². The Morgan fingerprint density at radius 2 is 2.00 bits per heavy atom. The van der Waals surface area contributed by atoms with E-state index in [9.17, 15) is 4.79 Å². The van der Waals surface area contributed by atoms with Gasteiger partial charge in [-0.25, -0.2) is 0 Å². The fraction of sp³-hybridized carbons (Fsp3) is 0.267. The van der Waals surface area contributed by atoms with Gasteiger partial charge >= 0.3 is 0 Å². The molecule has 0 aliphatic heterocycles. The van der Waals surface area contributed by atoms with E-state index in [0.717, 1.165) is 19.6 Å². The average Bonchev–Trinajstić information content (AvgIpc) is 2.79. The fourth-order valence-electron chi connectivity index (χ4n) is 1.90. The maximum absolute atomic E-state index is 12.0. The van der Waals surface area contributed by atoms with Crippen LogP contribution in [-0.2, 0) is 0 Å². The van der Waals surface area contributed by atoms with E-state index in [1.807, 2.05) is 24.3 Å². The van der Waals surface area contributed by atoms with Crippen molar-refractivity contribution >= 4 is 49.1 Å². The van der Waals surface area contributed by atoms with Crippen LogP contribution in [0, 0.1) is 0 Å². The first-order chi connectivity index (χ1) is 9.58. The topological polar surface area (TPSA) is 29.1 Å². The second kappa shape index (κ2) is 7.38. The molecule has 0 spiro atoms. The van der Waals surface area contributed by atoms with E-state index < -0.39 is 0 Å². The lowest BCUT2D eigenvalue weighted by atomic mass is 9.98. The van der Waals surface area contributed by atoms with Crippen molar-refractivity contribution in [3.8, 4) is 0 Å². The Hall–Kier alpha value is -0.650. The third-order valence-corrected chi connectivity index (χ3v) is 6.36. The summed E-state index contributed by atoms with van der Waals surface area (Å²) in [6, 6.07) is 12.2. The number of benzene rings is 1. The lowest BCUT2D eigenvalue weighted by Gasteiger charge is -2.12. The molecule has 1 aromatic heterocycles. The van der Waals surface area contributed by atoms with Crippen LogP contribution in [0.25, 0.3) is 0 Å². The van der Waals surface area contributed by atoms with Crippen molar-refractivity contribution in [3.63, 3.8) is 0 Å². The molecule has 2 aromatic rings. The first kappa shape index (κ1) is 15.7. The van der Waals surface area contributed by atoms with E-state index in [-0.39, 0.29) is 5.91 Å². The number of rotatable bonds is 5. The molecular formula is C15H15Br2NOS. The predicted octanol–water partition coefficient (Wildman–Crippen LogP) is 5.20. The largest absolute Gasteiger partial charge is 0.351 e. The molecule has 106 valence electrons. The minimum Gasteiger partial charge on any atom is -0.351 e. The van der Waals surface area contributed by atoms with Gasteiger partial charge in [0, 0.05) is 11.0 Å². The summed E-state index contributed by atoms with van der Waals surface area (Å²) >= 11 is 8.22. The van der Waals surface area contributed by atoms with Crippen molar-refractivity contribution < 1.29 is 4.79 Å². The van der Waals surface area contributed by atoms with Crippen molar-refractivity contribution in [2.24, 2.45) is 0 Å². The Balaban J connectivity index is 1.82. The van der Waals surface area contributed by atoms with E-state index in [0.29, 0.717) is 12.5 Å². The highest BCUT2D eigenvalue weighted by atomic mass is 79.9. The number of amides is 1. The molecule has 1 unspecified atom stereocenters. The van der Waals surface area contributed by atoms with Crippen LogP contribution in [0.1, 0.15) is 34.5 Å². The van der Waals surface area contributed by atoms with Crippen molar-refractivity contribution in [1.29, 1.82) is 0 Å². The summed E-state index contributed by atoms with van der Waals surface area (Å²) in [7, 11) is 0. The van der Waals surface area contributed by atoms with Crippen LogP contribution in [0.2, 0.25) is 0 Å². The summed E-state index contributed by atoms with van der Waals surface area (Å²) in [5.41, 5.74) is 1.31. The van der Waals surface area contributed by atoms with Gasteiger partial charge in [-0.1, -0.05) is 37.3 Å². The van der Waals surface area contributed by atoms with Gasteiger partial charge in [-0.15, -0.1) is 11.3 Å².